The quantitative estimate of drug-likeness (QED) is 0.0893. The van der Waals surface area contributed by atoms with Crippen LogP contribution in [0.4, 0.5) is 0 Å². The number of fused-ring (bicyclic) bond motifs is 3. The third kappa shape index (κ3) is 9.45. The summed E-state index contributed by atoms with van der Waals surface area (Å²) in [4.78, 5) is 20.0. The van der Waals surface area contributed by atoms with Gasteiger partial charge >= 0.3 is 0 Å². The second-order valence-corrected chi connectivity index (χ2v) is 18.2. The Morgan fingerprint density at radius 3 is 1.62 bits per heavy atom. The molecule has 55 heavy (non-hydrogen) atoms. The van der Waals surface area contributed by atoms with Crippen molar-refractivity contribution in [1.29, 1.82) is 0 Å². The lowest BCUT2D eigenvalue weighted by Crippen LogP contribution is -2.25. The maximum absolute atomic E-state index is 5.09. The molecule has 0 unspecified atom stereocenters. The molecular weight excluding hydrogens is 669 g/mol. The van der Waals surface area contributed by atoms with Crippen LogP contribution in [0.15, 0.2) is 85.1 Å². The molecule has 0 fully saturated rings. The molecule has 0 bridgehead atoms. The van der Waals surface area contributed by atoms with E-state index in [0.29, 0.717) is 11.6 Å². The minimum Gasteiger partial charge on any atom is -0.255 e. The normalized spacial score (nSPS) is 13.5. The maximum atomic E-state index is 5.09. The molecule has 0 spiro atoms. The minimum atomic E-state index is -0.231. The Morgan fingerprint density at radius 2 is 1.04 bits per heavy atom. The third-order valence-electron chi connectivity index (χ3n) is 11.8. The Hall–Kier alpha value is -4.18. The highest BCUT2D eigenvalue weighted by Crippen LogP contribution is 2.55. The molecule has 0 atom stereocenters. The van der Waals surface area contributed by atoms with E-state index < -0.39 is 0 Å². The predicted octanol–water partition coefficient (Wildman–Crippen LogP) is 14.6. The number of aromatic nitrogens is 4. The van der Waals surface area contributed by atoms with E-state index in [9.17, 15) is 0 Å². The number of hydrogen-bond acceptors (Lipinski definition) is 4. The van der Waals surface area contributed by atoms with Gasteiger partial charge in [-0.2, -0.15) is 0 Å². The topological polar surface area (TPSA) is 51.6 Å². The van der Waals surface area contributed by atoms with Gasteiger partial charge in [-0.05, 0) is 64.3 Å². The summed E-state index contributed by atoms with van der Waals surface area (Å²) < 4.78 is 0. The Bertz CT molecular complexity index is 1980. The predicted molar refractivity (Wildman–Crippen MR) is 234 cm³/mol. The lowest BCUT2D eigenvalue weighted by atomic mass is 9.70. The van der Waals surface area contributed by atoms with Crippen LogP contribution in [0.2, 0.25) is 0 Å². The van der Waals surface area contributed by atoms with Gasteiger partial charge in [0.1, 0.15) is 5.82 Å². The molecule has 0 saturated carbocycles. The lowest BCUT2D eigenvalue weighted by Gasteiger charge is -2.33. The van der Waals surface area contributed by atoms with Gasteiger partial charge < -0.3 is 0 Å². The van der Waals surface area contributed by atoms with Crippen LogP contribution in [0.3, 0.4) is 0 Å². The Labute approximate surface area is 333 Å². The molecule has 0 radical (unpaired) electrons. The van der Waals surface area contributed by atoms with Crippen LogP contribution in [0, 0.1) is 0 Å². The highest BCUT2D eigenvalue weighted by molar-refractivity contribution is 5.83. The van der Waals surface area contributed by atoms with Crippen LogP contribution in [0.1, 0.15) is 168 Å². The fourth-order valence-corrected chi connectivity index (χ4v) is 8.48. The molecule has 4 nitrogen and oxygen atoms in total. The van der Waals surface area contributed by atoms with Crippen molar-refractivity contribution < 1.29 is 0 Å². The van der Waals surface area contributed by atoms with Crippen LogP contribution in [0.5, 0.6) is 0 Å². The van der Waals surface area contributed by atoms with Gasteiger partial charge in [-0.1, -0.05) is 193 Å². The first-order chi connectivity index (χ1) is 26.4. The number of hydrogen-bond donors (Lipinski definition) is 0. The Balaban J connectivity index is 1.33. The second-order valence-electron chi connectivity index (χ2n) is 18.2. The molecule has 290 valence electrons. The fourth-order valence-electron chi connectivity index (χ4n) is 8.48. The molecule has 5 aromatic rings. The summed E-state index contributed by atoms with van der Waals surface area (Å²) in [6, 6.07) is 29.4. The van der Waals surface area contributed by atoms with E-state index in [2.05, 4.69) is 134 Å². The minimum absolute atomic E-state index is 0.0487. The number of rotatable bonds is 17. The number of pyridine rings is 1. The van der Waals surface area contributed by atoms with Crippen molar-refractivity contribution in [3.8, 4) is 45.2 Å². The first-order valence-corrected chi connectivity index (χ1v) is 21.5. The van der Waals surface area contributed by atoms with Crippen molar-refractivity contribution in [2.75, 3.05) is 0 Å². The highest BCUT2D eigenvalue weighted by atomic mass is 15.0. The largest absolute Gasteiger partial charge is 0.255 e. The molecule has 0 amide bonds. The Morgan fingerprint density at radius 1 is 0.491 bits per heavy atom. The van der Waals surface area contributed by atoms with Crippen LogP contribution >= 0.6 is 0 Å². The summed E-state index contributed by atoms with van der Waals surface area (Å²) in [6.07, 6.45) is 20.2. The molecule has 2 heterocycles. The van der Waals surface area contributed by atoms with Crippen LogP contribution in [-0.2, 0) is 16.2 Å². The Kier molecular flexibility index (Phi) is 13.1. The summed E-state index contributed by atoms with van der Waals surface area (Å²) in [5.41, 5.74) is 11.1. The van der Waals surface area contributed by atoms with Crippen molar-refractivity contribution in [2.24, 2.45) is 0 Å². The van der Waals surface area contributed by atoms with Crippen molar-refractivity contribution in [3.63, 3.8) is 0 Å². The summed E-state index contributed by atoms with van der Waals surface area (Å²) >= 11 is 0. The van der Waals surface area contributed by atoms with Gasteiger partial charge in [0.25, 0.3) is 0 Å². The van der Waals surface area contributed by atoms with Crippen LogP contribution in [0.25, 0.3) is 45.2 Å². The number of unbranched alkanes of at least 4 members (excludes halogenated alkanes) is 10. The fraction of sp³-hybridized carbons (Fsp3) is 0.490. The highest BCUT2D eigenvalue weighted by Gasteiger charge is 2.42. The van der Waals surface area contributed by atoms with Gasteiger partial charge in [0.05, 0.1) is 5.69 Å². The second kappa shape index (κ2) is 17.7. The van der Waals surface area contributed by atoms with E-state index in [4.69, 9.17) is 19.9 Å². The number of benzene rings is 3. The first-order valence-electron chi connectivity index (χ1n) is 21.5. The van der Waals surface area contributed by atoms with Crippen LogP contribution in [-0.4, -0.2) is 19.9 Å². The zero-order chi connectivity index (χ0) is 39.1. The van der Waals surface area contributed by atoms with Crippen molar-refractivity contribution >= 4 is 0 Å². The van der Waals surface area contributed by atoms with Crippen molar-refractivity contribution in [2.45, 2.75) is 162 Å². The van der Waals surface area contributed by atoms with E-state index in [-0.39, 0.29) is 16.2 Å². The van der Waals surface area contributed by atoms with Gasteiger partial charge in [-0.3, -0.25) is 4.98 Å². The molecule has 1 aliphatic carbocycles. The average molecular weight is 735 g/mol. The molecule has 2 aromatic heterocycles. The van der Waals surface area contributed by atoms with E-state index >= 15 is 0 Å². The molecule has 0 saturated heterocycles. The molecule has 0 aliphatic heterocycles. The lowest BCUT2D eigenvalue weighted by molar-refractivity contribution is 0.398. The number of nitrogens with zero attached hydrogens (tertiary/aromatic N) is 4. The summed E-state index contributed by atoms with van der Waals surface area (Å²) in [6.45, 7) is 17.8. The summed E-state index contributed by atoms with van der Waals surface area (Å²) in [5.74, 6) is 2.14. The zero-order valence-corrected chi connectivity index (χ0v) is 35.3. The molecule has 1 aliphatic rings. The maximum Gasteiger partial charge on any atom is 0.165 e. The summed E-state index contributed by atoms with van der Waals surface area (Å²) in [7, 11) is 0. The SMILES string of the molecule is CCCCCCCCC1(CCCCCCCC)c2ccccc2-c2ccc(-c3ccc(-c4nc(-c5ccc(C(C)(C)C)cc5)nc(C(C)(C)C)n4)cn3)cc21. The van der Waals surface area contributed by atoms with Gasteiger partial charge in [0, 0.05) is 33.7 Å². The standard InChI is InChI=1S/C51H66N4/c1-9-11-13-15-17-21-33-51(34-22-18-16-14-12-10-2)43-24-20-19-23-41(43)42-31-27-38(35-44(42)51)45-32-28-39(36-52-45)47-53-46(54-48(55-47)50(6,7)8)37-25-29-40(30-26-37)49(3,4)5/h19-20,23-32,35-36H,9-18,21-22,33-34H2,1-8H3. The summed E-state index contributed by atoms with van der Waals surface area (Å²) in [5, 5.41) is 0. The van der Waals surface area contributed by atoms with Crippen LogP contribution < -0.4 is 0 Å². The molecule has 4 heteroatoms. The van der Waals surface area contributed by atoms with E-state index in [1.807, 2.05) is 6.20 Å². The molecule has 3 aromatic carbocycles. The van der Waals surface area contributed by atoms with Gasteiger partial charge in [-0.15, -0.1) is 0 Å². The van der Waals surface area contributed by atoms with Gasteiger partial charge in [-0.25, -0.2) is 15.0 Å². The van der Waals surface area contributed by atoms with E-state index in [0.717, 1.165) is 22.6 Å². The van der Waals surface area contributed by atoms with E-state index in [1.165, 1.54) is 118 Å². The van der Waals surface area contributed by atoms with Crippen molar-refractivity contribution in [3.05, 3.63) is 108 Å². The molecule has 0 N–H and O–H groups in total. The van der Waals surface area contributed by atoms with Crippen molar-refractivity contribution in [1.82, 2.24) is 19.9 Å². The average Bonchev–Trinajstić information content (AvgIpc) is 3.45. The zero-order valence-electron chi connectivity index (χ0n) is 35.3. The first kappa shape index (κ1) is 40.5. The van der Waals surface area contributed by atoms with Gasteiger partial charge in [0.15, 0.2) is 11.6 Å². The molecular formula is C51H66N4. The smallest absolute Gasteiger partial charge is 0.165 e. The van der Waals surface area contributed by atoms with Gasteiger partial charge in [0.2, 0.25) is 0 Å². The monoisotopic (exact) mass is 735 g/mol. The van der Waals surface area contributed by atoms with E-state index in [1.54, 1.807) is 5.56 Å². The third-order valence-corrected chi connectivity index (χ3v) is 11.8. The molecule has 6 rings (SSSR count).